The van der Waals surface area contributed by atoms with Crippen molar-refractivity contribution < 1.29 is 14.3 Å². The zero-order valence-corrected chi connectivity index (χ0v) is 14.3. The average molecular weight is 354 g/mol. The topological polar surface area (TPSA) is 55.4 Å². The van der Waals surface area contributed by atoms with Gasteiger partial charge in [-0.25, -0.2) is 0 Å². The fourth-order valence-corrected chi connectivity index (χ4v) is 4.14. The summed E-state index contributed by atoms with van der Waals surface area (Å²) in [4.78, 5) is 23.7. The number of rotatable bonds is 3. The van der Waals surface area contributed by atoms with E-state index in [0.717, 1.165) is 0 Å². The van der Waals surface area contributed by atoms with Crippen LogP contribution in [0.2, 0.25) is 0 Å². The molecule has 1 fully saturated rings. The highest BCUT2D eigenvalue weighted by Crippen LogP contribution is 2.53. The van der Waals surface area contributed by atoms with E-state index >= 15 is 0 Å². The van der Waals surface area contributed by atoms with Gasteiger partial charge in [0.1, 0.15) is 16.0 Å². The van der Waals surface area contributed by atoms with Crippen LogP contribution in [0.5, 0.6) is 0 Å². The van der Waals surface area contributed by atoms with Crippen LogP contribution in [0.4, 0.5) is 0 Å². The minimum Gasteiger partial charge on any atom is -0.494 e. The van der Waals surface area contributed by atoms with Crippen LogP contribution >= 0.6 is 23.2 Å². The van der Waals surface area contributed by atoms with E-state index in [0.29, 0.717) is 11.3 Å². The number of imide groups is 1. The molecule has 4 nitrogen and oxygen atoms in total. The van der Waals surface area contributed by atoms with Crippen molar-refractivity contribution in [3.8, 4) is 0 Å². The second-order valence-corrected chi connectivity index (χ2v) is 7.32. The molecule has 1 saturated heterocycles. The maximum absolute atomic E-state index is 12.7. The molecule has 1 aliphatic carbocycles. The van der Waals surface area contributed by atoms with E-state index in [2.05, 4.69) is 5.32 Å². The zero-order chi connectivity index (χ0) is 16.8. The number of carbonyl (C=O) groups excluding carboxylic acids is 2. The van der Waals surface area contributed by atoms with Gasteiger partial charge in [-0.3, -0.25) is 14.9 Å². The van der Waals surface area contributed by atoms with Crippen LogP contribution in [0.25, 0.3) is 0 Å². The number of amides is 2. The van der Waals surface area contributed by atoms with Crippen LogP contribution in [-0.4, -0.2) is 28.2 Å². The molecular formula is C17H17Cl2NO3. The molecule has 2 aliphatic rings. The number of alkyl halides is 2. The molecule has 1 heterocycles. The maximum atomic E-state index is 12.7. The van der Waals surface area contributed by atoms with Crippen LogP contribution in [-0.2, 0) is 19.7 Å². The SMILES string of the molecule is CC(C)OC1=CC2(c3ccccc3)C(=O)NC(=O)C2(Cl)CC1Cl. The summed E-state index contributed by atoms with van der Waals surface area (Å²) in [6.07, 6.45) is 1.64. The molecular weight excluding hydrogens is 337 g/mol. The monoisotopic (exact) mass is 353 g/mol. The van der Waals surface area contributed by atoms with Gasteiger partial charge in [0, 0.05) is 6.42 Å². The minimum absolute atomic E-state index is 0.0988. The lowest BCUT2D eigenvalue weighted by Gasteiger charge is -2.41. The summed E-state index contributed by atoms with van der Waals surface area (Å²) in [6.45, 7) is 3.75. The lowest BCUT2D eigenvalue weighted by Crippen LogP contribution is -2.53. The normalized spacial score (nSPS) is 33.3. The van der Waals surface area contributed by atoms with E-state index in [9.17, 15) is 9.59 Å². The molecule has 23 heavy (non-hydrogen) atoms. The van der Waals surface area contributed by atoms with E-state index in [1.807, 2.05) is 19.9 Å². The third kappa shape index (κ3) is 2.27. The van der Waals surface area contributed by atoms with Crippen LogP contribution in [0.3, 0.4) is 0 Å². The van der Waals surface area contributed by atoms with E-state index in [4.69, 9.17) is 27.9 Å². The molecule has 1 aromatic rings. The van der Waals surface area contributed by atoms with Crippen molar-refractivity contribution in [3.63, 3.8) is 0 Å². The third-order valence-corrected chi connectivity index (χ3v) is 5.29. The summed E-state index contributed by atoms with van der Waals surface area (Å²) in [6, 6.07) is 9.02. The van der Waals surface area contributed by atoms with Crippen molar-refractivity contribution in [2.75, 3.05) is 0 Å². The molecule has 3 atom stereocenters. The lowest BCUT2D eigenvalue weighted by molar-refractivity contribution is -0.126. The molecule has 1 aromatic carbocycles. The maximum Gasteiger partial charge on any atom is 0.249 e. The number of hydrogen-bond donors (Lipinski definition) is 1. The van der Waals surface area contributed by atoms with Crippen molar-refractivity contribution in [1.82, 2.24) is 5.32 Å². The Morgan fingerprint density at radius 2 is 1.87 bits per heavy atom. The van der Waals surface area contributed by atoms with Crippen LogP contribution in [0, 0.1) is 0 Å². The first-order valence-corrected chi connectivity index (χ1v) is 8.26. The number of allylic oxidation sites excluding steroid dienone is 1. The van der Waals surface area contributed by atoms with Crippen LogP contribution < -0.4 is 5.32 Å². The fraction of sp³-hybridized carbons (Fsp3) is 0.412. The average Bonchev–Trinajstić information content (AvgIpc) is 2.68. The summed E-state index contributed by atoms with van der Waals surface area (Å²) < 4.78 is 5.77. The Labute approximate surface area is 144 Å². The molecule has 0 bridgehead atoms. The molecule has 3 rings (SSSR count). The number of benzene rings is 1. The number of fused-ring (bicyclic) bond motifs is 1. The first-order valence-electron chi connectivity index (χ1n) is 7.45. The van der Waals surface area contributed by atoms with Crippen molar-refractivity contribution in [1.29, 1.82) is 0 Å². The van der Waals surface area contributed by atoms with Crippen molar-refractivity contribution >= 4 is 35.0 Å². The van der Waals surface area contributed by atoms with Crippen molar-refractivity contribution in [2.24, 2.45) is 0 Å². The summed E-state index contributed by atoms with van der Waals surface area (Å²) in [5, 5.41) is 1.80. The van der Waals surface area contributed by atoms with Gasteiger partial charge in [0.25, 0.3) is 0 Å². The van der Waals surface area contributed by atoms with Crippen LogP contribution in [0.1, 0.15) is 25.8 Å². The Kier molecular flexibility index (Phi) is 3.93. The second-order valence-electron chi connectivity index (χ2n) is 6.14. The van der Waals surface area contributed by atoms with Crippen molar-refractivity contribution in [3.05, 3.63) is 47.7 Å². The van der Waals surface area contributed by atoms with Gasteiger partial charge in [-0.05, 0) is 25.5 Å². The van der Waals surface area contributed by atoms with E-state index in [1.54, 1.807) is 30.3 Å². The Morgan fingerprint density at radius 3 is 2.48 bits per heavy atom. The quantitative estimate of drug-likeness (QED) is 0.671. The predicted molar refractivity (Wildman–Crippen MR) is 88.4 cm³/mol. The summed E-state index contributed by atoms with van der Waals surface area (Å²) >= 11 is 13.1. The van der Waals surface area contributed by atoms with Gasteiger partial charge in [-0.2, -0.15) is 0 Å². The zero-order valence-electron chi connectivity index (χ0n) is 12.8. The smallest absolute Gasteiger partial charge is 0.249 e. The molecule has 2 amide bonds. The third-order valence-electron chi connectivity index (χ3n) is 4.30. The van der Waals surface area contributed by atoms with Gasteiger partial charge >= 0.3 is 0 Å². The molecule has 122 valence electrons. The summed E-state index contributed by atoms with van der Waals surface area (Å²) in [5.74, 6) is -0.484. The molecule has 0 radical (unpaired) electrons. The lowest BCUT2D eigenvalue weighted by atomic mass is 9.66. The summed E-state index contributed by atoms with van der Waals surface area (Å²) in [5.41, 5.74) is -0.672. The number of ether oxygens (including phenoxy) is 1. The molecule has 1 N–H and O–H groups in total. The van der Waals surface area contributed by atoms with Gasteiger partial charge in [0.05, 0.1) is 11.5 Å². The van der Waals surface area contributed by atoms with E-state index in [1.165, 1.54) is 0 Å². The summed E-state index contributed by atoms with van der Waals surface area (Å²) in [7, 11) is 0. The molecule has 6 heteroatoms. The highest BCUT2D eigenvalue weighted by molar-refractivity contribution is 6.43. The predicted octanol–water partition coefficient (Wildman–Crippen LogP) is 2.88. The van der Waals surface area contributed by atoms with E-state index in [-0.39, 0.29) is 12.5 Å². The Hall–Kier alpha value is -1.52. The first kappa shape index (κ1) is 16.3. The van der Waals surface area contributed by atoms with Crippen LogP contribution in [0.15, 0.2) is 42.2 Å². The standard InChI is InChI=1S/C17H17Cl2NO3/c1-10(2)23-13-9-16(11-6-4-3-5-7-11)14(21)20-15(22)17(16,19)8-12(13)18/h3-7,9-10,12H,8H2,1-2H3,(H,20,21,22). The van der Waals surface area contributed by atoms with Gasteiger partial charge < -0.3 is 4.74 Å². The van der Waals surface area contributed by atoms with Gasteiger partial charge in [0.2, 0.25) is 11.8 Å². The fourth-order valence-electron chi connectivity index (χ4n) is 3.27. The van der Waals surface area contributed by atoms with Gasteiger partial charge in [-0.15, -0.1) is 23.2 Å². The Morgan fingerprint density at radius 1 is 1.22 bits per heavy atom. The largest absolute Gasteiger partial charge is 0.494 e. The number of carbonyl (C=O) groups is 2. The second kappa shape index (κ2) is 5.53. The molecule has 1 aliphatic heterocycles. The highest BCUT2D eigenvalue weighted by Gasteiger charge is 2.68. The first-order chi connectivity index (χ1) is 10.8. The Bertz CT molecular complexity index is 688. The molecule has 0 saturated carbocycles. The molecule has 0 spiro atoms. The van der Waals surface area contributed by atoms with E-state index < -0.39 is 27.5 Å². The number of halogens is 2. The van der Waals surface area contributed by atoms with Crippen molar-refractivity contribution in [2.45, 2.75) is 42.0 Å². The molecule has 3 unspecified atom stereocenters. The number of hydrogen-bond acceptors (Lipinski definition) is 3. The Balaban J connectivity index is 2.25. The van der Waals surface area contributed by atoms with Gasteiger partial charge in [0.15, 0.2) is 0 Å². The number of nitrogens with one attached hydrogen (secondary N) is 1. The van der Waals surface area contributed by atoms with Gasteiger partial charge in [-0.1, -0.05) is 30.3 Å². The minimum atomic E-state index is -1.46. The highest BCUT2D eigenvalue weighted by atomic mass is 35.5. The molecule has 0 aromatic heterocycles.